The Bertz CT molecular complexity index is 465. The molecule has 0 aliphatic rings. The Labute approximate surface area is 133 Å². The monoisotopic (exact) mass is 305 g/mol. The van der Waals surface area contributed by atoms with Crippen LogP contribution in [0.15, 0.2) is 30.3 Å². The number of carbonyl (C=O) groups is 2. The summed E-state index contributed by atoms with van der Waals surface area (Å²) in [5, 5.41) is 2.86. The third-order valence-corrected chi connectivity index (χ3v) is 3.32. The van der Waals surface area contributed by atoms with Crippen molar-refractivity contribution >= 4 is 12.4 Å². The molecule has 2 atom stereocenters. The fourth-order valence-electron chi connectivity index (χ4n) is 2.29. The van der Waals surface area contributed by atoms with Crippen LogP contribution in [0.3, 0.4) is 0 Å². The Morgan fingerprint density at radius 1 is 1.27 bits per heavy atom. The van der Waals surface area contributed by atoms with E-state index >= 15 is 0 Å². The van der Waals surface area contributed by atoms with Crippen molar-refractivity contribution < 1.29 is 14.3 Å². The van der Waals surface area contributed by atoms with Crippen molar-refractivity contribution in [3.05, 3.63) is 35.9 Å². The van der Waals surface area contributed by atoms with E-state index in [2.05, 4.69) is 12.2 Å². The van der Waals surface area contributed by atoms with E-state index in [1.807, 2.05) is 51.1 Å². The molecule has 0 aromatic heterocycles. The van der Waals surface area contributed by atoms with Gasteiger partial charge in [0.2, 0.25) is 0 Å². The van der Waals surface area contributed by atoms with Gasteiger partial charge >= 0.3 is 6.09 Å². The summed E-state index contributed by atoms with van der Waals surface area (Å²) in [4.78, 5) is 23.6. The minimum absolute atomic E-state index is 0.255. The molecule has 0 unspecified atom stereocenters. The van der Waals surface area contributed by atoms with Crippen molar-refractivity contribution in [2.45, 2.75) is 58.6 Å². The predicted octanol–water partition coefficient (Wildman–Crippen LogP) is 4.26. The van der Waals surface area contributed by atoms with Crippen LogP contribution >= 0.6 is 0 Å². The van der Waals surface area contributed by atoms with E-state index < -0.39 is 11.7 Å². The maximum atomic E-state index is 12.1. The number of amides is 1. The SMILES string of the molecule is CCCC[C@@H](C=O)[C@H](NC(=O)OC(C)(C)C)c1ccccc1. The Kier molecular flexibility index (Phi) is 7.09. The fourth-order valence-corrected chi connectivity index (χ4v) is 2.29. The molecule has 4 nitrogen and oxygen atoms in total. The van der Waals surface area contributed by atoms with Gasteiger partial charge in [0, 0.05) is 5.92 Å². The van der Waals surface area contributed by atoms with E-state index in [9.17, 15) is 9.59 Å². The quantitative estimate of drug-likeness (QED) is 0.766. The summed E-state index contributed by atoms with van der Waals surface area (Å²) < 4.78 is 5.32. The standard InChI is InChI=1S/C18H27NO3/c1-5-6-10-15(13-20)16(14-11-8-7-9-12-14)19-17(21)22-18(2,3)4/h7-9,11-13,15-16H,5-6,10H2,1-4H3,(H,19,21)/t15-,16+/m0/s1. The molecule has 4 heteroatoms. The molecule has 1 aromatic carbocycles. The van der Waals surface area contributed by atoms with Gasteiger partial charge in [-0.25, -0.2) is 4.79 Å². The van der Waals surface area contributed by atoms with Gasteiger partial charge in [0.15, 0.2) is 0 Å². The van der Waals surface area contributed by atoms with E-state index in [4.69, 9.17) is 4.74 Å². The van der Waals surface area contributed by atoms with Crippen molar-refractivity contribution in [2.24, 2.45) is 5.92 Å². The number of hydrogen-bond donors (Lipinski definition) is 1. The highest BCUT2D eigenvalue weighted by molar-refractivity contribution is 5.69. The molecule has 0 saturated carbocycles. The van der Waals surface area contributed by atoms with Crippen LogP contribution in [-0.2, 0) is 9.53 Å². The first-order valence-electron chi connectivity index (χ1n) is 7.87. The molecule has 1 amide bonds. The van der Waals surface area contributed by atoms with Crippen LogP contribution in [0, 0.1) is 5.92 Å². The Morgan fingerprint density at radius 3 is 2.41 bits per heavy atom. The number of carbonyl (C=O) groups excluding carboxylic acids is 2. The summed E-state index contributed by atoms with van der Waals surface area (Å²) in [5.41, 5.74) is 0.354. The van der Waals surface area contributed by atoms with E-state index in [0.29, 0.717) is 0 Å². The van der Waals surface area contributed by atoms with E-state index in [1.54, 1.807) is 0 Å². The fraction of sp³-hybridized carbons (Fsp3) is 0.556. The second-order valence-corrected chi connectivity index (χ2v) is 6.48. The third-order valence-electron chi connectivity index (χ3n) is 3.32. The maximum absolute atomic E-state index is 12.1. The summed E-state index contributed by atoms with van der Waals surface area (Å²) in [6.45, 7) is 7.54. The molecule has 1 N–H and O–H groups in total. The number of rotatable bonds is 7. The van der Waals surface area contributed by atoms with E-state index in [-0.39, 0.29) is 12.0 Å². The largest absolute Gasteiger partial charge is 0.444 e. The molecule has 0 aliphatic carbocycles. The molecule has 0 heterocycles. The topological polar surface area (TPSA) is 55.4 Å². The summed E-state index contributed by atoms with van der Waals surface area (Å²) in [6, 6.07) is 9.20. The lowest BCUT2D eigenvalue weighted by Gasteiger charge is -2.27. The third kappa shape index (κ3) is 6.29. The highest BCUT2D eigenvalue weighted by atomic mass is 16.6. The summed E-state index contributed by atoms with van der Waals surface area (Å²) in [5.74, 6) is -0.255. The Morgan fingerprint density at radius 2 is 1.91 bits per heavy atom. The number of unbranched alkanes of at least 4 members (excludes halogenated alkanes) is 1. The lowest BCUT2D eigenvalue weighted by molar-refractivity contribution is -0.112. The second-order valence-electron chi connectivity index (χ2n) is 6.48. The van der Waals surface area contributed by atoms with Crippen LogP contribution in [0.1, 0.15) is 58.6 Å². The number of alkyl carbamates (subject to hydrolysis) is 1. The maximum Gasteiger partial charge on any atom is 0.408 e. The van der Waals surface area contributed by atoms with Crippen molar-refractivity contribution in [3.63, 3.8) is 0 Å². The summed E-state index contributed by atoms with van der Waals surface area (Å²) in [6.07, 6.45) is 3.14. The molecule has 0 fully saturated rings. The molecule has 122 valence electrons. The zero-order valence-corrected chi connectivity index (χ0v) is 14.0. The molecular weight excluding hydrogens is 278 g/mol. The first kappa shape index (κ1) is 18.2. The van der Waals surface area contributed by atoms with Crippen molar-refractivity contribution in [2.75, 3.05) is 0 Å². The summed E-state index contributed by atoms with van der Waals surface area (Å²) >= 11 is 0. The highest BCUT2D eigenvalue weighted by Gasteiger charge is 2.26. The smallest absolute Gasteiger partial charge is 0.408 e. The number of aldehydes is 1. The molecule has 0 bridgehead atoms. The van der Waals surface area contributed by atoms with E-state index in [0.717, 1.165) is 31.1 Å². The molecular formula is C18H27NO3. The van der Waals surface area contributed by atoms with Gasteiger partial charge in [0.25, 0.3) is 0 Å². The number of benzene rings is 1. The van der Waals surface area contributed by atoms with Gasteiger partial charge in [0.1, 0.15) is 11.9 Å². The van der Waals surface area contributed by atoms with Crippen LogP contribution in [-0.4, -0.2) is 18.0 Å². The van der Waals surface area contributed by atoms with Crippen LogP contribution in [0.5, 0.6) is 0 Å². The second kappa shape index (κ2) is 8.57. The van der Waals surface area contributed by atoms with Gasteiger partial charge in [-0.05, 0) is 32.8 Å². The first-order valence-corrected chi connectivity index (χ1v) is 7.87. The molecule has 22 heavy (non-hydrogen) atoms. The van der Waals surface area contributed by atoms with Gasteiger partial charge in [-0.3, -0.25) is 0 Å². The van der Waals surface area contributed by atoms with Gasteiger partial charge in [-0.15, -0.1) is 0 Å². The summed E-state index contributed by atoms with van der Waals surface area (Å²) in [7, 11) is 0. The molecule has 0 aliphatic heterocycles. The van der Waals surface area contributed by atoms with E-state index in [1.165, 1.54) is 0 Å². The van der Waals surface area contributed by atoms with Gasteiger partial charge < -0.3 is 14.8 Å². The minimum Gasteiger partial charge on any atom is -0.444 e. The van der Waals surface area contributed by atoms with Crippen molar-refractivity contribution in [1.29, 1.82) is 0 Å². The van der Waals surface area contributed by atoms with Crippen LogP contribution in [0.25, 0.3) is 0 Å². The average Bonchev–Trinajstić information content (AvgIpc) is 2.45. The average molecular weight is 305 g/mol. The number of ether oxygens (including phenoxy) is 1. The predicted molar refractivity (Wildman–Crippen MR) is 87.6 cm³/mol. The van der Waals surface area contributed by atoms with Crippen LogP contribution < -0.4 is 5.32 Å². The Balaban J connectivity index is 2.91. The molecule has 1 aromatic rings. The minimum atomic E-state index is -0.564. The van der Waals surface area contributed by atoms with Crippen molar-refractivity contribution in [1.82, 2.24) is 5.32 Å². The number of nitrogens with one attached hydrogen (secondary N) is 1. The van der Waals surface area contributed by atoms with Gasteiger partial charge in [0.05, 0.1) is 6.04 Å². The van der Waals surface area contributed by atoms with Crippen molar-refractivity contribution in [3.8, 4) is 0 Å². The molecule has 1 rings (SSSR count). The zero-order chi connectivity index (χ0) is 16.6. The first-order chi connectivity index (χ1) is 10.4. The lowest BCUT2D eigenvalue weighted by atomic mass is 9.90. The normalized spacial score (nSPS) is 14.0. The van der Waals surface area contributed by atoms with Crippen LogP contribution in [0.2, 0.25) is 0 Å². The van der Waals surface area contributed by atoms with Gasteiger partial charge in [-0.1, -0.05) is 50.1 Å². The number of hydrogen-bond acceptors (Lipinski definition) is 3. The molecule has 0 saturated heterocycles. The Hall–Kier alpha value is -1.84. The molecule has 0 spiro atoms. The van der Waals surface area contributed by atoms with Crippen LogP contribution in [0.4, 0.5) is 4.79 Å². The lowest BCUT2D eigenvalue weighted by Crippen LogP contribution is -2.38. The molecule has 0 radical (unpaired) electrons. The van der Waals surface area contributed by atoms with Gasteiger partial charge in [-0.2, -0.15) is 0 Å². The zero-order valence-electron chi connectivity index (χ0n) is 14.0. The highest BCUT2D eigenvalue weighted by Crippen LogP contribution is 2.25.